The third-order valence-electron chi connectivity index (χ3n) is 3.81. The molecule has 3 nitrogen and oxygen atoms in total. The Morgan fingerprint density at radius 1 is 1.09 bits per heavy atom. The van der Waals surface area contributed by atoms with Crippen LogP contribution in [-0.2, 0) is 6.61 Å². The van der Waals surface area contributed by atoms with Gasteiger partial charge in [-0.3, -0.25) is 0 Å². The van der Waals surface area contributed by atoms with Crippen molar-refractivity contribution in [2.24, 2.45) is 5.73 Å². The summed E-state index contributed by atoms with van der Waals surface area (Å²) in [5.74, 6) is 0.932. The molecule has 0 aliphatic rings. The Bertz CT molecular complexity index is 579. The van der Waals surface area contributed by atoms with Gasteiger partial charge in [-0.1, -0.05) is 42.5 Å². The van der Waals surface area contributed by atoms with Crippen LogP contribution in [0.5, 0.6) is 5.75 Å². The molecule has 23 heavy (non-hydrogen) atoms. The number of aliphatic hydroxyl groups excluding tert-OH is 1. The Labute approximate surface area is 144 Å². The standard InChI is InChI=1S/C19H25NO2.ClH/c1-14-11-17(18(20)9-6-10-21)12-15(2)19(14)22-13-16-7-4-3-5-8-16;/h3-5,7-8,11-12,18,21H,6,9-10,13,20H2,1-2H3;1H/t18-;/m1./s1. The fourth-order valence-corrected chi connectivity index (χ4v) is 2.63. The van der Waals surface area contributed by atoms with Crippen molar-refractivity contribution in [3.05, 3.63) is 64.7 Å². The van der Waals surface area contributed by atoms with Crippen LogP contribution in [0.2, 0.25) is 0 Å². The summed E-state index contributed by atoms with van der Waals surface area (Å²) in [4.78, 5) is 0. The summed E-state index contributed by atoms with van der Waals surface area (Å²) < 4.78 is 5.99. The monoisotopic (exact) mass is 335 g/mol. The fraction of sp³-hybridized carbons (Fsp3) is 0.368. The minimum Gasteiger partial charge on any atom is -0.488 e. The number of halogens is 1. The van der Waals surface area contributed by atoms with Crippen molar-refractivity contribution in [3.63, 3.8) is 0 Å². The lowest BCUT2D eigenvalue weighted by Gasteiger charge is -2.17. The van der Waals surface area contributed by atoms with E-state index in [0.29, 0.717) is 6.61 Å². The van der Waals surface area contributed by atoms with Crippen molar-refractivity contribution >= 4 is 12.4 Å². The van der Waals surface area contributed by atoms with Gasteiger partial charge in [-0.2, -0.15) is 0 Å². The normalized spacial score (nSPS) is 11.7. The van der Waals surface area contributed by atoms with E-state index >= 15 is 0 Å². The Kier molecular flexibility index (Phi) is 8.10. The van der Waals surface area contributed by atoms with Gasteiger partial charge in [0.2, 0.25) is 0 Å². The molecule has 0 spiro atoms. The second-order valence-electron chi connectivity index (χ2n) is 5.73. The zero-order valence-corrected chi connectivity index (χ0v) is 14.6. The van der Waals surface area contributed by atoms with Crippen LogP contribution in [0.1, 0.15) is 41.1 Å². The molecular weight excluding hydrogens is 310 g/mol. The van der Waals surface area contributed by atoms with Crippen LogP contribution in [0.25, 0.3) is 0 Å². The van der Waals surface area contributed by atoms with E-state index in [4.69, 9.17) is 15.6 Å². The third kappa shape index (κ3) is 5.54. The highest BCUT2D eigenvalue weighted by atomic mass is 35.5. The molecule has 2 aromatic rings. The SMILES string of the molecule is Cc1cc([C@H](N)CCCO)cc(C)c1OCc1ccccc1.Cl. The van der Waals surface area contributed by atoms with E-state index in [1.807, 2.05) is 18.2 Å². The van der Waals surface area contributed by atoms with Crippen LogP contribution in [0, 0.1) is 13.8 Å². The molecule has 0 fully saturated rings. The van der Waals surface area contributed by atoms with Crippen LogP contribution in [0.15, 0.2) is 42.5 Å². The van der Waals surface area contributed by atoms with Gasteiger partial charge in [0, 0.05) is 12.6 Å². The average molecular weight is 336 g/mol. The van der Waals surface area contributed by atoms with Gasteiger partial charge >= 0.3 is 0 Å². The molecule has 0 unspecified atom stereocenters. The summed E-state index contributed by atoms with van der Waals surface area (Å²) in [6, 6.07) is 14.3. The minimum atomic E-state index is -0.0345. The van der Waals surface area contributed by atoms with E-state index in [1.54, 1.807) is 0 Å². The van der Waals surface area contributed by atoms with E-state index < -0.39 is 0 Å². The van der Waals surface area contributed by atoms with Gasteiger partial charge < -0.3 is 15.6 Å². The van der Waals surface area contributed by atoms with E-state index in [1.165, 1.54) is 0 Å². The zero-order valence-electron chi connectivity index (χ0n) is 13.8. The van der Waals surface area contributed by atoms with Crippen LogP contribution in [0.3, 0.4) is 0 Å². The molecule has 0 amide bonds. The molecule has 126 valence electrons. The van der Waals surface area contributed by atoms with Crippen molar-refractivity contribution in [1.29, 1.82) is 0 Å². The van der Waals surface area contributed by atoms with Crippen LogP contribution >= 0.6 is 12.4 Å². The molecular formula is C19H26ClNO2. The largest absolute Gasteiger partial charge is 0.488 e. The number of nitrogens with two attached hydrogens (primary N) is 1. The molecule has 4 heteroatoms. The van der Waals surface area contributed by atoms with E-state index in [0.717, 1.165) is 40.8 Å². The number of hydrogen-bond acceptors (Lipinski definition) is 3. The second kappa shape index (κ2) is 9.56. The van der Waals surface area contributed by atoms with Gasteiger partial charge in [0.15, 0.2) is 0 Å². The predicted molar refractivity (Wildman–Crippen MR) is 97.2 cm³/mol. The van der Waals surface area contributed by atoms with Crippen molar-refractivity contribution < 1.29 is 9.84 Å². The predicted octanol–water partition coefficient (Wildman–Crippen LogP) is 4.08. The fourth-order valence-electron chi connectivity index (χ4n) is 2.63. The summed E-state index contributed by atoms with van der Waals surface area (Å²) in [6.07, 6.45) is 1.52. The number of aliphatic hydroxyl groups is 1. The van der Waals surface area contributed by atoms with Gasteiger partial charge in [-0.15, -0.1) is 12.4 Å². The third-order valence-corrected chi connectivity index (χ3v) is 3.81. The van der Waals surface area contributed by atoms with Crippen molar-refractivity contribution in [1.82, 2.24) is 0 Å². The Hall–Kier alpha value is -1.55. The molecule has 0 aromatic heterocycles. The van der Waals surface area contributed by atoms with Crippen LogP contribution in [0.4, 0.5) is 0 Å². The quantitative estimate of drug-likeness (QED) is 0.801. The summed E-state index contributed by atoms with van der Waals surface area (Å²) in [5.41, 5.74) is 10.7. The maximum atomic E-state index is 8.92. The van der Waals surface area contributed by atoms with E-state index in [9.17, 15) is 0 Å². The zero-order chi connectivity index (χ0) is 15.9. The van der Waals surface area contributed by atoms with Gasteiger partial charge in [0.25, 0.3) is 0 Å². The second-order valence-corrected chi connectivity index (χ2v) is 5.73. The summed E-state index contributed by atoms with van der Waals surface area (Å²) >= 11 is 0. The first-order valence-corrected chi connectivity index (χ1v) is 7.76. The number of aryl methyl sites for hydroxylation is 2. The Balaban J connectivity index is 0.00000264. The summed E-state index contributed by atoms with van der Waals surface area (Å²) in [7, 11) is 0. The van der Waals surface area contributed by atoms with Gasteiger partial charge in [-0.05, 0) is 48.9 Å². The maximum Gasteiger partial charge on any atom is 0.125 e. The molecule has 0 saturated heterocycles. The molecule has 2 rings (SSSR count). The molecule has 0 saturated carbocycles. The number of benzene rings is 2. The average Bonchev–Trinajstić information content (AvgIpc) is 2.52. The lowest BCUT2D eigenvalue weighted by molar-refractivity contribution is 0.280. The first-order chi connectivity index (χ1) is 10.6. The van der Waals surface area contributed by atoms with Crippen LogP contribution in [-0.4, -0.2) is 11.7 Å². The minimum absolute atomic E-state index is 0. The molecule has 0 heterocycles. The Morgan fingerprint density at radius 3 is 2.26 bits per heavy atom. The van der Waals surface area contributed by atoms with Crippen molar-refractivity contribution in [3.8, 4) is 5.75 Å². The molecule has 0 aliphatic heterocycles. The van der Waals surface area contributed by atoms with Crippen LogP contribution < -0.4 is 10.5 Å². The number of hydrogen-bond donors (Lipinski definition) is 2. The molecule has 0 bridgehead atoms. The number of ether oxygens (including phenoxy) is 1. The molecule has 0 aliphatic carbocycles. The highest BCUT2D eigenvalue weighted by Gasteiger charge is 2.11. The number of rotatable bonds is 7. The van der Waals surface area contributed by atoms with Crippen molar-refractivity contribution in [2.45, 2.75) is 39.3 Å². The first kappa shape index (κ1) is 19.5. The maximum absolute atomic E-state index is 8.92. The van der Waals surface area contributed by atoms with Gasteiger partial charge in [0.05, 0.1) is 0 Å². The molecule has 0 radical (unpaired) electrons. The smallest absolute Gasteiger partial charge is 0.125 e. The molecule has 1 atom stereocenters. The summed E-state index contributed by atoms with van der Waals surface area (Å²) in [6.45, 7) is 4.85. The topological polar surface area (TPSA) is 55.5 Å². The van der Waals surface area contributed by atoms with E-state index in [2.05, 4.69) is 38.1 Å². The lowest BCUT2D eigenvalue weighted by atomic mass is 9.98. The molecule has 3 N–H and O–H groups in total. The van der Waals surface area contributed by atoms with Gasteiger partial charge in [-0.25, -0.2) is 0 Å². The molecule has 2 aromatic carbocycles. The highest BCUT2D eigenvalue weighted by molar-refractivity contribution is 5.85. The highest BCUT2D eigenvalue weighted by Crippen LogP contribution is 2.29. The summed E-state index contributed by atoms with van der Waals surface area (Å²) in [5, 5.41) is 8.92. The lowest BCUT2D eigenvalue weighted by Crippen LogP contribution is -2.12. The van der Waals surface area contributed by atoms with Gasteiger partial charge in [0.1, 0.15) is 12.4 Å². The van der Waals surface area contributed by atoms with Crippen molar-refractivity contribution in [2.75, 3.05) is 6.61 Å². The first-order valence-electron chi connectivity index (χ1n) is 7.76. The Morgan fingerprint density at radius 2 is 1.70 bits per heavy atom. The van der Waals surface area contributed by atoms with E-state index in [-0.39, 0.29) is 25.1 Å².